The fourth-order valence-corrected chi connectivity index (χ4v) is 1.95. The summed E-state index contributed by atoms with van der Waals surface area (Å²) in [4.78, 5) is 2.20. The lowest BCUT2D eigenvalue weighted by atomic mass is 9.80. The van der Waals surface area contributed by atoms with Crippen LogP contribution in [0.5, 0.6) is 0 Å². The summed E-state index contributed by atoms with van der Waals surface area (Å²) in [7, 11) is 4.15. The third-order valence-electron chi connectivity index (χ3n) is 2.90. The molecule has 1 aliphatic rings. The zero-order chi connectivity index (χ0) is 9.19. The van der Waals surface area contributed by atoms with Gasteiger partial charge in [-0.2, -0.15) is 0 Å². The first-order chi connectivity index (χ1) is 5.57. The summed E-state index contributed by atoms with van der Waals surface area (Å²) in [5.74, 6) is 0. The van der Waals surface area contributed by atoms with E-state index in [-0.39, 0.29) is 12.1 Å². The van der Waals surface area contributed by atoms with Crippen LogP contribution < -0.4 is 5.73 Å². The molecule has 1 rings (SSSR count). The fraction of sp³-hybridized carbons (Fsp3) is 1.00. The molecule has 3 N–H and O–H groups in total. The second kappa shape index (κ2) is 3.73. The molecule has 0 aromatic heterocycles. The smallest absolute Gasteiger partial charge is 0.0611 e. The molecule has 0 unspecified atom stereocenters. The van der Waals surface area contributed by atoms with Gasteiger partial charge in [0.2, 0.25) is 0 Å². The van der Waals surface area contributed by atoms with E-state index in [1.165, 1.54) is 6.42 Å². The summed E-state index contributed by atoms with van der Waals surface area (Å²) in [6, 6.07) is 0.552. The van der Waals surface area contributed by atoms with E-state index >= 15 is 0 Å². The molecule has 1 saturated carbocycles. The lowest BCUT2D eigenvalue weighted by Crippen LogP contribution is -2.51. The van der Waals surface area contributed by atoms with Gasteiger partial charge >= 0.3 is 0 Å². The Morgan fingerprint density at radius 3 is 2.75 bits per heavy atom. The van der Waals surface area contributed by atoms with Crippen molar-refractivity contribution >= 4 is 0 Å². The molecule has 1 aliphatic carbocycles. The molecule has 3 nitrogen and oxygen atoms in total. The van der Waals surface area contributed by atoms with Crippen molar-refractivity contribution in [1.29, 1.82) is 0 Å². The molecule has 1 fully saturated rings. The largest absolute Gasteiger partial charge is 0.394 e. The molecule has 0 amide bonds. The normalized spacial score (nSPS) is 37.2. The number of hydrogen-bond donors (Lipinski definition) is 2. The molecule has 0 aromatic carbocycles. The maximum atomic E-state index is 9.11. The summed E-state index contributed by atoms with van der Waals surface area (Å²) >= 11 is 0. The van der Waals surface area contributed by atoms with Gasteiger partial charge in [0.25, 0.3) is 0 Å². The Kier molecular flexibility index (Phi) is 3.09. The predicted molar refractivity (Wildman–Crippen MR) is 49.9 cm³/mol. The third kappa shape index (κ3) is 2.19. The molecule has 0 saturated heterocycles. The van der Waals surface area contributed by atoms with Crippen LogP contribution in [0.1, 0.15) is 25.7 Å². The fourth-order valence-electron chi connectivity index (χ4n) is 1.95. The van der Waals surface area contributed by atoms with E-state index in [0.29, 0.717) is 6.04 Å². The highest BCUT2D eigenvalue weighted by molar-refractivity contribution is 4.92. The van der Waals surface area contributed by atoms with E-state index in [1.807, 2.05) is 0 Å². The topological polar surface area (TPSA) is 49.5 Å². The lowest BCUT2D eigenvalue weighted by Gasteiger charge is -2.39. The zero-order valence-electron chi connectivity index (χ0n) is 8.08. The van der Waals surface area contributed by atoms with Crippen molar-refractivity contribution in [1.82, 2.24) is 4.90 Å². The van der Waals surface area contributed by atoms with Crippen LogP contribution in [0.2, 0.25) is 0 Å². The van der Waals surface area contributed by atoms with E-state index < -0.39 is 0 Å². The standard InChI is InChI=1S/C9H20N2O/c1-11(2)8-4-3-5-9(10,6-8)7-12/h8,12H,3-7,10H2,1-2H3/t8-,9+/m1/s1. The maximum Gasteiger partial charge on any atom is 0.0611 e. The molecule has 3 heteroatoms. The van der Waals surface area contributed by atoms with Crippen molar-refractivity contribution in [3.63, 3.8) is 0 Å². The maximum absolute atomic E-state index is 9.11. The van der Waals surface area contributed by atoms with Gasteiger partial charge in [0, 0.05) is 11.6 Å². The van der Waals surface area contributed by atoms with Crippen molar-refractivity contribution in [3.05, 3.63) is 0 Å². The van der Waals surface area contributed by atoms with E-state index in [1.54, 1.807) is 0 Å². The van der Waals surface area contributed by atoms with E-state index in [4.69, 9.17) is 10.8 Å². The predicted octanol–water partition coefficient (Wildman–Crippen LogP) is 0.180. The van der Waals surface area contributed by atoms with Gasteiger partial charge in [-0.25, -0.2) is 0 Å². The van der Waals surface area contributed by atoms with Crippen LogP contribution >= 0.6 is 0 Å². The van der Waals surface area contributed by atoms with Gasteiger partial charge in [-0.3, -0.25) is 0 Å². The van der Waals surface area contributed by atoms with E-state index in [0.717, 1.165) is 19.3 Å². The summed E-state index contributed by atoms with van der Waals surface area (Å²) in [5, 5.41) is 9.11. The van der Waals surface area contributed by atoms with E-state index in [2.05, 4.69) is 19.0 Å². The van der Waals surface area contributed by atoms with Gasteiger partial charge in [0.15, 0.2) is 0 Å². The number of rotatable bonds is 2. The average Bonchev–Trinajstić information content (AvgIpc) is 2.05. The molecule has 72 valence electrons. The van der Waals surface area contributed by atoms with Crippen LogP contribution in [0.3, 0.4) is 0 Å². The highest BCUT2D eigenvalue weighted by atomic mass is 16.3. The van der Waals surface area contributed by atoms with Crippen molar-refractivity contribution in [2.75, 3.05) is 20.7 Å². The zero-order valence-corrected chi connectivity index (χ0v) is 8.08. The Balaban J connectivity index is 2.51. The minimum atomic E-state index is -0.312. The van der Waals surface area contributed by atoms with E-state index in [9.17, 15) is 0 Å². The summed E-state index contributed by atoms with van der Waals surface area (Å²) in [5.41, 5.74) is 5.70. The van der Waals surface area contributed by atoms with Gasteiger partial charge < -0.3 is 15.7 Å². The van der Waals surface area contributed by atoms with Crippen molar-refractivity contribution in [2.45, 2.75) is 37.3 Å². The van der Waals surface area contributed by atoms with Gasteiger partial charge in [-0.05, 0) is 39.8 Å². The lowest BCUT2D eigenvalue weighted by molar-refractivity contribution is 0.106. The molecule has 0 bridgehead atoms. The highest BCUT2D eigenvalue weighted by Crippen LogP contribution is 2.27. The summed E-state index contributed by atoms with van der Waals surface area (Å²) < 4.78 is 0. The molecule has 0 spiro atoms. The molecule has 2 atom stereocenters. The summed E-state index contributed by atoms with van der Waals surface area (Å²) in [6.45, 7) is 0.122. The Labute approximate surface area is 74.5 Å². The van der Waals surface area contributed by atoms with Crippen LogP contribution in [0.15, 0.2) is 0 Å². The molecule has 0 radical (unpaired) electrons. The molecule has 0 aromatic rings. The molecular weight excluding hydrogens is 152 g/mol. The van der Waals surface area contributed by atoms with Crippen LogP contribution in [-0.2, 0) is 0 Å². The van der Waals surface area contributed by atoms with Gasteiger partial charge in [-0.15, -0.1) is 0 Å². The molecule has 0 aliphatic heterocycles. The number of hydrogen-bond acceptors (Lipinski definition) is 3. The average molecular weight is 172 g/mol. The monoisotopic (exact) mass is 172 g/mol. The number of nitrogens with two attached hydrogens (primary N) is 1. The van der Waals surface area contributed by atoms with Crippen LogP contribution in [-0.4, -0.2) is 42.3 Å². The Hall–Kier alpha value is -0.120. The van der Waals surface area contributed by atoms with Crippen LogP contribution in [0.4, 0.5) is 0 Å². The van der Waals surface area contributed by atoms with Gasteiger partial charge in [-0.1, -0.05) is 0 Å². The first-order valence-electron chi connectivity index (χ1n) is 4.63. The third-order valence-corrected chi connectivity index (χ3v) is 2.90. The SMILES string of the molecule is CN(C)[C@@H]1CCC[C@@](N)(CO)C1. The molecule has 12 heavy (non-hydrogen) atoms. The first-order valence-corrected chi connectivity index (χ1v) is 4.63. The second-order valence-electron chi connectivity index (χ2n) is 4.23. The van der Waals surface area contributed by atoms with Crippen molar-refractivity contribution < 1.29 is 5.11 Å². The number of nitrogens with zero attached hydrogens (tertiary/aromatic N) is 1. The van der Waals surface area contributed by atoms with Crippen molar-refractivity contribution in [2.24, 2.45) is 5.73 Å². The van der Waals surface area contributed by atoms with Gasteiger partial charge in [0.05, 0.1) is 6.61 Å². The minimum absolute atomic E-state index is 0.122. The first kappa shape index (κ1) is 9.96. The Morgan fingerprint density at radius 1 is 1.58 bits per heavy atom. The summed E-state index contributed by atoms with van der Waals surface area (Å²) in [6.07, 6.45) is 4.25. The number of aliphatic hydroxyl groups excluding tert-OH is 1. The molecular formula is C9H20N2O. The quantitative estimate of drug-likeness (QED) is 0.625. The van der Waals surface area contributed by atoms with Gasteiger partial charge in [0.1, 0.15) is 0 Å². The van der Waals surface area contributed by atoms with Crippen LogP contribution in [0, 0.1) is 0 Å². The van der Waals surface area contributed by atoms with Crippen molar-refractivity contribution in [3.8, 4) is 0 Å². The number of aliphatic hydroxyl groups is 1. The molecule has 0 heterocycles. The Bertz CT molecular complexity index is 149. The minimum Gasteiger partial charge on any atom is -0.394 e. The van der Waals surface area contributed by atoms with Crippen LogP contribution in [0.25, 0.3) is 0 Å². The highest BCUT2D eigenvalue weighted by Gasteiger charge is 2.32. The Morgan fingerprint density at radius 2 is 2.25 bits per heavy atom. The second-order valence-corrected chi connectivity index (χ2v) is 4.23.